The van der Waals surface area contributed by atoms with Gasteiger partial charge in [0.25, 0.3) is 0 Å². The highest BCUT2D eigenvalue weighted by atomic mass is 19.4. The highest BCUT2D eigenvalue weighted by Gasteiger charge is 2.79. The summed E-state index contributed by atoms with van der Waals surface area (Å²) in [7, 11) is 0. The number of aliphatic hydroxyl groups is 1. The summed E-state index contributed by atoms with van der Waals surface area (Å²) >= 11 is 0. The third-order valence-corrected chi connectivity index (χ3v) is 9.65. The van der Waals surface area contributed by atoms with E-state index in [9.17, 15) is 36.6 Å². The standard InChI is InChI=1S/C28H29F5O3/c1-15(34)16-3-5-17(6-4-16)22-14-25(2)23(11-12-26(25,36)27(29,30)28(31,32)33)21-9-7-18-13-19(35)8-10-20(18)24(21)22/h3-7,9,13,20-24,36H,8,10-12,14H2,1-2H3/t20-,21-,22+,23-,24?,25-,26-/m0/s1. The molecule has 0 aromatic heterocycles. The molecule has 8 heteroatoms. The summed E-state index contributed by atoms with van der Waals surface area (Å²) in [6, 6.07) is 6.78. The van der Waals surface area contributed by atoms with Gasteiger partial charge >= 0.3 is 12.1 Å². The van der Waals surface area contributed by atoms with E-state index in [1.54, 1.807) is 30.3 Å². The summed E-state index contributed by atoms with van der Waals surface area (Å²) in [5.74, 6) is -6.85. The lowest BCUT2D eigenvalue weighted by Gasteiger charge is -2.58. The minimum Gasteiger partial charge on any atom is -0.383 e. The van der Waals surface area contributed by atoms with Crippen LogP contribution in [-0.4, -0.2) is 34.4 Å². The van der Waals surface area contributed by atoms with Crippen LogP contribution in [0.4, 0.5) is 22.0 Å². The molecule has 36 heavy (non-hydrogen) atoms. The topological polar surface area (TPSA) is 54.4 Å². The molecule has 0 saturated heterocycles. The molecule has 0 bridgehead atoms. The van der Waals surface area contributed by atoms with Crippen molar-refractivity contribution in [1.82, 2.24) is 0 Å². The zero-order valence-electron chi connectivity index (χ0n) is 20.1. The van der Waals surface area contributed by atoms with Crippen LogP contribution in [-0.2, 0) is 4.79 Å². The van der Waals surface area contributed by atoms with Crippen molar-refractivity contribution < 1.29 is 36.6 Å². The zero-order chi connectivity index (χ0) is 26.3. The van der Waals surface area contributed by atoms with E-state index in [-0.39, 0.29) is 42.2 Å². The Bertz CT molecular complexity index is 1150. The van der Waals surface area contributed by atoms with Crippen molar-refractivity contribution in [3.05, 3.63) is 59.2 Å². The van der Waals surface area contributed by atoms with Gasteiger partial charge in [0.1, 0.15) is 5.60 Å². The molecule has 0 radical (unpaired) electrons. The Kier molecular flexibility index (Phi) is 5.67. The number of alkyl halides is 5. The molecule has 3 nitrogen and oxygen atoms in total. The molecule has 0 aliphatic heterocycles. The number of hydrogen-bond donors (Lipinski definition) is 1. The average Bonchev–Trinajstić information content (AvgIpc) is 3.09. The molecule has 1 N–H and O–H groups in total. The van der Waals surface area contributed by atoms with Crippen LogP contribution in [0, 0.1) is 29.1 Å². The van der Waals surface area contributed by atoms with Gasteiger partial charge in [0.05, 0.1) is 0 Å². The first-order valence-electron chi connectivity index (χ1n) is 12.4. The monoisotopic (exact) mass is 508 g/mol. The molecule has 4 aliphatic rings. The molecule has 1 unspecified atom stereocenters. The van der Waals surface area contributed by atoms with E-state index in [0.29, 0.717) is 18.4 Å². The fraction of sp³-hybridized carbons (Fsp3) is 0.571. The lowest BCUT2D eigenvalue weighted by molar-refractivity contribution is -0.363. The fourth-order valence-electron chi connectivity index (χ4n) is 7.85. The van der Waals surface area contributed by atoms with Crippen LogP contribution in [0.3, 0.4) is 0 Å². The van der Waals surface area contributed by atoms with Crippen LogP contribution in [0.5, 0.6) is 0 Å². The highest BCUT2D eigenvalue weighted by molar-refractivity contribution is 5.94. The number of carbonyl (C=O) groups excluding carboxylic acids is 2. The van der Waals surface area contributed by atoms with Crippen molar-refractivity contribution >= 4 is 11.6 Å². The Morgan fingerprint density at radius 3 is 2.33 bits per heavy atom. The van der Waals surface area contributed by atoms with E-state index >= 15 is 0 Å². The minimum absolute atomic E-state index is 0.0208. The van der Waals surface area contributed by atoms with Gasteiger partial charge in [0.2, 0.25) is 0 Å². The molecule has 7 atom stereocenters. The van der Waals surface area contributed by atoms with Crippen molar-refractivity contribution in [3.8, 4) is 0 Å². The Labute approximate surface area is 206 Å². The van der Waals surface area contributed by atoms with Crippen LogP contribution in [0.1, 0.15) is 67.8 Å². The van der Waals surface area contributed by atoms with Gasteiger partial charge in [-0.25, -0.2) is 0 Å². The summed E-state index contributed by atoms with van der Waals surface area (Å²) in [5.41, 5.74) is -2.85. The van der Waals surface area contributed by atoms with Crippen molar-refractivity contribution in [2.24, 2.45) is 29.1 Å². The average molecular weight is 509 g/mol. The van der Waals surface area contributed by atoms with Gasteiger partial charge in [-0.2, -0.15) is 22.0 Å². The Hall–Kier alpha value is -2.35. The number of rotatable bonds is 3. The normalized spacial score (nSPS) is 38.2. The van der Waals surface area contributed by atoms with Crippen molar-refractivity contribution in [2.75, 3.05) is 0 Å². The van der Waals surface area contributed by atoms with Gasteiger partial charge in [-0.3, -0.25) is 9.59 Å². The van der Waals surface area contributed by atoms with E-state index in [4.69, 9.17) is 0 Å². The van der Waals surface area contributed by atoms with Crippen LogP contribution in [0.25, 0.3) is 0 Å². The number of carbonyl (C=O) groups is 2. The van der Waals surface area contributed by atoms with Gasteiger partial charge in [-0.1, -0.05) is 43.3 Å². The first-order valence-corrected chi connectivity index (χ1v) is 12.4. The molecule has 0 amide bonds. The predicted molar refractivity (Wildman–Crippen MR) is 123 cm³/mol. The number of halogens is 5. The third kappa shape index (κ3) is 3.39. The van der Waals surface area contributed by atoms with Crippen LogP contribution >= 0.6 is 0 Å². The summed E-state index contributed by atoms with van der Waals surface area (Å²) < 4.78 is 70.7. The Morgan fingerprint density at radius 2 is 1.72 bits per heavy atom. The number of hydrogen-bond acceptors (Lipinski definition) is 3. The smallest absolute Gasteiger partial charge is 0.383 e. The van der Waals surface area contributed by atoms with Crippen LogP contribution < -0.4 is 0 Å². The van der Waals surface area contributed by atoms with Gasteiger partial charge in [-0.05, 0) is 79.4 Å². The maximum Gasteiger partial charge on any atom is 0.456 e. The van der Waals surface area contributed by atoms with E-state index in [0.717, 1.165) is 11.1 Å². The number of ketones is 2. The second-order valence-corrected chi connectivity index (χ2v) is 11.3. The third-order valence-electron chi connectivity index (χ3n) is 9.65. The maximum atomic E-state index is 15.0. The van der Waals surface area contributed by atoms with Gasteiger partial charge < -0.3 is 5.11 Å². The second-order valence-electron chi connectivity index (χ2n) is 11.3. The minimum atomic E-state index is -5.88. The molecule has 4 aliphatic carbocycles. The maximum absolute atomic E-state index is 15.0. The molecular weight excluding hydrogens is 479 g/mol. The molecule has 2 fully saturated rings. The summed E-state index contributed by atoms with van der Waals surface area (Å²) in [5, 5.41) is 11.3. The predicted octanol–water partition coefficient (Wildman–Crippen LogP) is 6.43. The van der Waals surface area contributed by atoms with Gasteiger partial charge in [-0.15, -0.1) is 0 Å². The van der Waals surface area contributed by atoms with Gasteiger partial charge in [0, 0.05) is 17.4 Å². The molecule has 0 heterocycles. The molecule has 5 rings (SSSR count). The molecule has 194 valence electrons. The summed E-state index contributed by atoms with van der Waals surface area (Å²) in [6.45, 7) is 2.82. The van der Waals surface area contributed by atoms with E-state index < -0.39 is 41.4 Å². The van der Waals surface area contributed by atoms with E-state index in [1.807, 2.05) is 12.2 Å². The molecule has 0 spiro atoms. The first-order chi connectivity index (χ1) is 16.7. The van der Waals surface area contributed by atoms with E-state index in [1.165, 1.54) is 13.8 Å². The SMILES string of the molecule is CC(=O)c1ccc([C@H]2C[C@@]3(C)[C@@H](CC[C@@]3(O)C(F)(F)C(F)(F)F)[C@@H]3C=CC4=CC(=O)CC[C@@H]4C23)cc1. The van der Waals surface area contributed by atoms with Gasteiger partial charge in [0.15, 0.2) is 11.6 Å². The van der Waals surface area contributed by atoms with Crippen molar-refractivity contribution in [1.29, 1.82) is 0 Å². The second kappa shape index (κ2) is 8.07. The lowest BCUT2D eigenvalue weighted by Crippen LogP contribution is -2.65. The number of fused-ring (bicyclic) bond motifs is 5. The number of Topliss-reactive ketones (excluding diaryl/α,β-unsaturated/α-hetero) is 1. The summed E-state index contributed by atoms with van der Waals surface area (Å²) in [6.07, 6.45) is -0.253. The fourth-order valence-corrected chi connectivity index (χ4v) is 7.85. The Morgan fingerprint density at radius 1 is 1.06 bits per heavy atom. The lowest BCUT2D eigenvalue weighted by atomic mass is 9.47. The molecule has 2 saturated carbocycles. The number of benzene rings is 1. The quantitative estimate of drug-likeness (QED) is 0.378. The molecule has 1 aromatic rings. The number of allylic oxidation sites excluding steroid dienone is 4. The Balaban J connectivity index is 1.65. The molecular formula is C28H29F5O3. The largest absolute Gasteiger partial charge is 0.456 e. The van der Waals surface area contributed by atoms with Crippen molar-refractivity contribution in [2.45, 2.75) is 69.6 Å². The molecule has 1 aromatic carbocycles. The van der Waals surface area contributed by atoms with Crippen LogP contribution in [0.15, 0.2) is 48.1 Å². The van der Waals surface area contributed by atoms with E-state index in [2.05, 4.69) is 0 Å². The zero-order valence-corrected chi connectivity index (χ0v) is 20.1. The van der Waals surface area contributed by atoms with Crippen molar-refractivity contribution in [3.63, 3.8) is 0 Å². The summed E-state index contributed by atoms with van der Waals surface area (Å²) in [4.78, 5) is 23.9. The first kappa shape index (κ1) is 25.3. The van der Waals surface area contributed by atoms with Crippen LogP contribution in [0.2, 0.25) is 0 Å². The highest BCUT2D eigenvalue weighted by Crippen LogP contribution is 2.70.